The molecule has 0 amide bonds. The lowest BCUT2D eigenvalue weighted by atomic mass is 10.0. The van der Waals surface area contributed by atoms with Gasteiger partial charge in [0.05, 0.1) is 16.6 Å². The van der Waals surface area contributed by atoms with E-state index in [9.17, 15) is 18.0 Å². The summed E-state index contributed by atoms with van der Waals surface area (Å²) in [5.41, 5.74) is 3.14. The van der Waals surface area contributed by atoms with Crippen LogP contribution in [0, 0.1) is 6.92 Å². The van der Waals surface area contributed by atoms with Crippen LogP contribution < -0.4 is 10.9 Å². The number of hydrogen-bond acceptors (Lipinski definition) is 4. The number of nitrogens with one attached hydrogen (secondary N) is 1. The smallest absolute Gasteiger partial charge is 0.361 e. The van der Waals surface area contributed by atoms with Crippen LogP contribution in [-0.4, -0.2) is 32.1 Å². The summed E-state index contributed by atoms with van der Waals surface area (Å²) < 4.78 is 41.5. The van der Waals surface area contributed by atoms with E-state index in [1.165, 1.54) is 10.6 Å². The van der Waals surface area contributed by atoms with Gasteiger partial charge in [-0.1, -0.05) is 23.7 Å². The summed E-state index contributed by atoms with van der Waals surface area (Å²) >= 11 is 6.04. The predicted molar refractivity (Wildman–Crippen MR) is 131 cm³/mol. The zero-order chi connectivity index (χ0) is 24.9. The van der Waals surface area contributed by atoms with E-state index in [2.05, 4.69) is 15.4 Å². The highest BCUT2D eigenvalue weighted by molar-refractivity contribution is 6.30. The van der Waals surface area contributed by atoms with E-state index >= 15 is 0 Å². The van der Waals surface area contributed by atoms with E-state index in [0.717, 1.165) is 16.6 Å². The van der Waals surface area contributed by atoms with Gasteiger partial charge < -0.3 is 5.32 Å². The van der Waals surface area contributed by atoms with Crippen LogP contribution in [0.5, 0.6) is 0 Å². The van der Waals surface area contributed by atoms with Gasteiger partial charge in [-0.25, -0.2) is 4.98 Å². The number of anilines is 1. The molecule has 3 heterocycles. The number of fused-ring (bicyclic) bond motifs is 2. The van der Waals surface area contributed by atoms with Crippen LogP contribution in [-0.2, 0) is 7.05 Å². The molecule has 10 heteroatoms. The van der Waals surface area contributed by atoms with Crippen molar-refractivity contribution in [3.63, 3.8) is 0 Å². The first-order valence-corrected chi connectivity index (χ1v) is 11.1. The zero-order valence-corrected chi connectivity index (χ0v) is 19.4. The minimum atomic E-state index is -4.40. The van der Waals surface area contributed by atoms with E-state index in [-0.39, 0.29) is 16.9 Å². The van der Waals surface area contributed by atoms with Gasteiger partial charge >= 0.3 is 6.18 Å². The molecule has 0 fully saturated rings. The van der Waals surface area contributed by atoms with E-state index in [4.69, 9.17) is 11.6 Å². The Hall–Kier alpha value is -3.85. The lowest BCUT2D eigenvalue weighted by Crippen LogP contribution is -2.22. The average Bonchev–Trinajstić information content (AvgIpc) is 3.10. The van der Waals surface area contributed by atoms with E-state index in [1.54, 1.807) is 47.3 Å². The standard InChI is InChI=1S/C25H19ClF3N5O/c1-14-19-11-18(8-9-20(19)32-33(14)2)34-12-16-5-10-21(30-13-25(27,28)29)31-23(16)22(24(34)35)15-3-6-17(26)7-4-15/h3-12H,13H2,1-2H3,(H,30,31). The number of benzene rings is 2. The molecule has 0 radical (unpaired) electrons. The van der Waals surface area contributed by atoms with Crippen LogP contribution in [0.2, 0.25) is 5.02 Å². The highest BCUT2D eigenvalue weighted by Crippen LogP contribution is 2.29. The van der Waals surface area contributed by atoms with Crippen molar-refractivity contribution in [1.29, 1.82) is 0 Å². The molecule has 0 bridgehead atoms. The van der Waals surface area contributed by atoms with Crippen molar-refractivity contribution < 1.29 is 13.2 Å². The molecule has 6 nitrogen and oxygen atoms in total. The molecular formula is C25H19ClF3N5O. The Morgan fingerprint density at radius 3 is 2.51 bits per heavy atom. The Morgan fingerprint density at radius 2 is 1.80 bits per heavy atom. The molecular weight excluding hydrogens is 479 g/mol. The second-order valence-electron chi connectivity index (χ2n) is 8.20. The minimum absolute atomic E-state index is 0.0228. The largest absolute Gasteiger partial charge is 0.405 e. The van der Waals surface area contributed by atoms with Crippen molar-refractivity contribution >= 4 is 39.2 Å². The highest BCUT2D eigenvalue weighted by atomic mass is 35.5. The molecule has 35 heavy (non-hydrogen) atoms. The van der Waals surface area contributed by atoms with Crippen LogP contribution in [0.3, 0.4) is 0 Å². The Bertz CT molecular complexity index is 1640. The maximum Gasteiger partial charge on any atom is 0.405 e. The fourth-order valence-corrected chi connectivity index (χ4v) is 4.14. The van der Waals surface area contributed by atoms with Crippen molar-refractivity contribution in [2.45, 2.75) is 13.1 Å². The first-order valence-electron chi connectivity index (χ1n) is 10.7. The van der Waals surface area contributed by atoms with Gasteiger partial charge in [-0.15, -0.1) is 0 Å². The number of halogens is 4. The number of hydrogen-bond donors (Lipinski definition) is 1. The van der Waals surface area contributed by atoms with Gasteiger partial charge in [-0.3, -0.25) is 14.0 Å². The third-order valence-electron chi connectivity index (χ3n) is 5.86. The van der Waals surface area contributed by atoms with Crippen LogP contribution in [0.25, 0.3) is 38.6 Å². The monoisotopic (exact) mass is 497 g/mol. The van der Waals surface area contributed by atoms with Gasteiger partial charge in [0.25, 0.3) is 5.56 Å². The molecule has 0 saturated heterocycles. The van der Waals surface area contributed by atoms with Crippen molar-refractivity contribution in [3.8, 4) is 16.8 Å². The van der Waals surface area contributed by atoms with E-state index in [0.29, 0.717) is 27.2 Å². The predicted octanol–water partition coefficient (Wildman–Crippen LogP) is 5.88. The van der Waals surface area contributed by atoms with Gasteiger partial charge in [0.1, 0.15) is 12.4 Å². The first-order chi connectivity index (χ1) is 16.6. The Morgan fingerprint density at radius 1 is 1.06 bits per heavy atom. The van der Waals surface area contributed by atoms with Gasteiger partial charge in [-0.05, 0) is 55.0 Å². The fraction of sp³-hybridized carbons (Fsp3) is 0.160. The number of rotatable bonds is 4. The lowest BCUT2D eigenvalue weighted by molar-refractivity contribution is -0.115. The lowest BCUT2D eigenvalue weighted by Gasteiger charge is -2.14. The third-order valence-corrected chi connectivity index (χ3v) is 6.11. The number of aryl methyl sites for hydroxylation is 2. The van der Waals surface area contributed by atoms with Crippen molar-refractivity contribution in [2.24, 2.45) is 7.05 Å². The van der Waals surface area contributed by atoms with Gasteiger partial charge in [0.2, 0.25) is 0 Å². The van der Waals surface area contributed by atoms with Gasteiger partial charge in [0, 0.05) is 40.4 Å². The molecule has 0 unspecified atom stereocenters. The molecule has 0 saturated carbocycles. The fourth-order valence-electron chi connectivity index (χ4n) is 4.01. The highest BCUT2D eigenvalue weighted by Gasteiger charge is 2.27. The summed E-state index contributed by atoms with van der Waals surface area (Å²) in [6.07, 6.45) is -2.76. The summed E-state index contributed by atoms with van der Waals surface area (Å²) in [6, 6.07) is 15.3. The van der Waals surface area contributed by atoms with E-state index < -0.39 is 12.7 Å². The van der Waals surface area contributed by atoms with Crippen molar-refractivity contribution in [3.05, 3.63) is 81.9 Å². The quantitative estimate of drug-likeness (QED) is 0.337. The second-order valence-corrected chi connectivity index (χ2v) is 8.64. The van der Waals surface area contributed by atoms with Crippen molar-refractivity contribution in [2.75, 3.05) is 11.9 Å². The number of pyridine rings is 2. The van der Waals surface area contributed by atoms with Gasteiger partial charge in [-0.2, -0.15) is 18.3 Å². The number of alkyl halides is 3. The zero-order valence-electron chi connectivity index (χ0n) is 18.7. The summed E-state index contributed by atoms with van der Waals surface area (Å²) in [5, 5.41) is 8.74. The molecule has 0 aliphatic carbocycles. The minimum Gasteiger partial charge on any atom is -0.361 e. The average molecular weight is 498 g/mol. The topological polar surface area (TPSA) is 64.7 Å². The van der Waals surface area contributed by atoms with Crippen molar-refractivity contribution in [1.82, 2.24) is 19.3 Å². The molecule has 0 spiro atoms. The molecule has 3 aromatic heterocycles. The third kappa shape index (κ3) is 4.35. The second kappa shape index (κ2) is 8.42. The Labute approximate surface area is 202 Å². The molecule has 5 aromatic rings. The Kier molecular flexibility index (Phi) is 5.52. The summed E-state index contributed by atoms with van der Waals surface area (Å²) in [6.45, 7) is 0.712. The van der Waals surface area contributed by atoms with Crippen LogP contribution in [0.4, 0.5) is 19.0 Å². The van der Waals surface area contributed by atoms with Gasteiger partial charge in [0.15, 0.2) is 0 Å². The van der Waals surface area contributed by atoms with E-state index in [1.807, 2.05) is 26.1 Å². The number of aromatic nitrogens is 4. The maximum absolute atomic E-state index is 13.8. The number of nitrogens with zero attached hydrogens (tertiary/aromatic N) is 4. The summed E-state index contributed by atoms with van der Waals surface area (Å²) in [5.74, 6) is 0.0228. The maximum atomic E-state index is 13.8. The normalized spacial score (nSPS) is 11.9. The molecule has 1 N–H and O–H groups in total. The molecule has 0 aliphatic rings. The molecule has 0 aliphatic heterocycles. The summed E-state index contributed by atoms with van der Waals surface area (Å²) in [7, 11) is 1.85. The first kappa shape index (κ1) is 22.9. The SMILES string of the molecule is Cc1c2cc(-n3cc4ccc(NCC(F)(F)F)nc4c(-c4ccc(Cl)cc4)c3=O)ccc2nn1C. The molecule has 5 rings (SSSR count). The molecule has 178 valence electrons. The summed E-state index contributed by atoms with van der Waals surface area (Å²) in [4.78, 5) is 18.2. The van der Waals surface area contributed by atoms with Crippen LogP contribution in [0.1, 0.15) is 5.69 Å². The molecule has 2 aromatic carbocycles. The molecule has 0 atom stereocenters. The van der Waals surface area contributed by atoms with Crippen LogP contribution >= 0.6 is 11.6 Å². The van der Waals surface area contributed by atoms with Crippen LogP contribution in [0.15, 0.2) is 65.6 Å². The Balaban J connectivity index is 1.74.